The number of nitrogens with zero attached hydrogens (tertiary/aromatic N) is 2. The van der Waals surface area contributed by atoms with Gasteiger partial charge in [0.1, 0.15) is 17.3 Å². The SMILES string of the molecule is COc1ccc(-c2ccc(/C=N\NCc3ccccc3Cl)o2)c([N+](=O)[O-])c1. The molecule has 0 unspecified atom stereocenters. The molecule has 0 saturated heterocycles. The van der Waals surface area contributed by atoms with Crippen LogP contribution >= 0.6 is 11.6 Å². The van der Waals surface area contributed by atoms with Gasteiger partial charge in [0, 0.05) is 5.02 Å². The summed E-state index contributed by atoms with van der Waals surface area (Å²) in [6.45, 7) is 0.466. The Labute approximate surface area is 160 Å². The van der Waals surface area contributed by atoms with Gasteiger partial charge in [0.05, 0.1) is 36.4 Å². The van der Waals surface area contributed by atoms with Crippen molar-refractivity contribution in [3.63, 3.8) is 0 Å². The van der Waals surface area contributed by atoms with Crippen molar-refractivity contribution in [2.75, 3.05) is 7.11 Å². The van der Waals surface area contributed by atoms with Gasteiger partial charge in [-0.05, 0) is 35.9 Å². The Bertz CT molecular complexity index is 985. The number of hydrogen-bond donors (Lipinski definition) is 1. The van der Waals surface area contributed by atoms with Crippen LogP contribution in [-0.4, -0.2) is 18.2 Å². The zero-order valence-corrected chi connectivity index (χ0v) is 15.1. The second-order valence-corrected chi connectivity index (χ2v) is 5.93. The molecule has 0 spiro atoms. The third-order valence-corrected chi connectivity index (χ3v) is 4.17. The second kappa shape index (κ2) is 8.37. The lowest BCUT2D eigenvalue weighted by atomic mass is 10.1. The van der Waals surface area contributed by atoms with E-state index in [-0.39, 0.29) is 5.69 Å². The van der Waals surface area contributed by atoms with Crippen LogP contribution in [-0.2, 0) is 6.54 Å². The number of benzene rings is 2. The molecule has 1 aromatic heterocycles. The largest absolute Gasteiger partial charge is 0.497 e. The predicted molar refractivity (Wildman–Crippen MR) is 103 cm³/mol. The second-order valence-electron chi connectivity index (χ2n) is 5.53. The monoisotopic (exact) mass is 385 g/mol. The van der Waals surface area contributed by atoms with Crippen LogP contribution in [0.5, 0.6) is 5.75 Å². The van der Waals surface area contributed by atoms with E-state index >= 15 is 0 Å². The highest BCUT2D eigenvalue weighted by molar-refractivity contribution is 6.31. The Balaban J connectivity index is 1.72. The molecular weight excluding hydrogens is 370 g/mol. The molecule has 138 valence electrons. The first-order valence-corrected chi connectivity index (χ1v) is 8.38. The number of ether oxygens (including phenoxy) is 1. The number of halogens is 1. The summed E-state index contributed by atoms with van der Waals surface area (Å²) < 4.78 is 10.7. The smallest absolute Gasteiger partial charge is 0.284 e. The molecule has 3 aromatic rings. The molecule has 0 fully saturated rings. The average molecular weight is 386 g/mol. The summed E-state index contributed by atoms with van der Waals surface area (Å²) in [5, 5.41) is 16.1. The van der Waals surface area contributed by atoms with Gasteiger partial charge < -0.3 is 14.6 Å². The molecule has 0 saturated carbocycles. The highest BCUT2D eigenvalue weighted by atomic mass is 35.5. The van der Waals surface area contributed by atoms with E-state index in [1.165, 1.54) is 19.4 Å². The average Bonchev–Trinajstić information content (AvgIpc) is 3.14. The first kappa shape index (κ1) is 18.5. The number of hydrogen-bond acceptors (Lipinski definition) is 6. The molecule has 1 heterocycles. The van der Waals surface area contributed by atoms with Gasteiger partial charge >= 0.3 is 0 Å². The summed E-state index contributed by atoms with van der Waals surface area (Å²) in [6, 6.07) is 15.4. The molecule has 0 radical (unpaired) electrons. The van der Waals surface area contributed by atoms with Crippen molar-refractivity contribution in [2.24, 2.45) is 5.10 Å². The lowest BCUT2D eigenvalue weighted by Gasteiger charge is -2.03. The van der Waals surface area contributed by atoms with Crippen molar-refractivity contribution in [3.05, 3.63) is 81.1 Å². The number of furan rings is 1. The molecule has 0 aliphatic heterocycles. The number of nitro groups is 1. The van der Waals surface area contributed by atoms with Gasteiger partial charge in [0.2, 0.25) is 0 Å². The summed E-state index contributed by atoms with van der Waals surface area (Å²) in [6.07, 6.45) is 1.50. The summed E-state index contributed by atoms with van der Waals surface area (Å²) in [4.78, 5) is 10.8. The van der Waals surface area contributed by atoms with Gasteiger partial charge in [-0.3, -0.25) is 10.1 Å². The van der Waals surface area contributed by atoms with Gasteiger partial charge in [-0.25, -0.2) is 0 Å². The molecule has 2 aromatic carbocycles. The van der Waals surface area contributed by atoms with Crippen molar-refractivity contribution < 1.29 is 14.1 Å². The fourth-order valence-corrected chi connectivity index (χ4v) is 2.65. The fourth-order valence-electron chi connectivity index (χ4n) is 2.45. The first-order chi connectivity index (χ1) is 13.1. The van der Waals surface area contributed by atoms with E-state index in [2.05, 4.69) is 10.5 Å². The maximum absolute atomic E-state index is 11.3. The van der Waals surface area contributed by atoms with Crippen LogP contribution in [0.2, 0.25) is 5.02 Å². The van der Waals surface area contributed by atoms with Crippen molar-refractivity contribution >= 4 is 23.5 Å². The van der Waals surface area contributed by atoms with E-state index in [1.54, 1.807) is 24.3 Å². The summed E-state index contributed by atoms with van der Waals surface area (Å²) in [7, 11) is 1.45. The highest BCUT2D eigenvalue weighted by Gasteiger charge is 2.19. The van der Waals surface area contributed by atoms with E-state index in [1.807, 2.05) is 24.3 Å². The third kappa shape index (κ3) is 4.45. The number of nitrogens with one attached hydrogen (secondary N) is 1. The molecule has 8 heteroatoms. The van der Waals surface area contributed by atoms with Crippen LogP contribution in [0, 0.1) is 10.1 Å². The summed E-state index contributed by atoms with van der Waals surface area (Å²) in [5.74, 6) is 1.24. The molecule has 0 atom stereocenters. The Morgan fingerprint density at radius 3 is 2.81 bits per heavy atom. The van der Waals surface area contributed by atoms with Crippen LogP contribution in [0.3, 0.4) is 0 Å². The van der Waals surface area contributed by atoms with Gasteiger partial charge in [-0.1, -0.05) is 29.8 Å². The van der Waals surface area contributed by atoms with Gasteiger partial charge in [-0.15, -0.1) is 0 Å². The van der Waals surface area contributed by atoms with Crippen molar-refractivity contribution in [1.82, 2.24) is 5.43 Å². The van der Waals surface area contributed by atoms with E-state index in [4.69, 9.17) is 20.8 Å². The zero-order chi connectivity index (χ0) is 19.2. The minimum absolute atomic E-state index is 0.0935. The normalized spacial score (nSPS) is 10.9. The Kier molecular flexibility index (Phi) is 5.73. The zero-order valence-electron chi connectivity index (χ0n) is 14.4. The van der Waals surface area contributed by atoms with E-state index in [0.29, 0.717) is 34.4 Å². The number of rotatable bonds is 7. The molecule has 0 amide bonds. The number of nitro benzene ring substituents is 1. The third-order valence-electron chi connectivity index (χ3n) is 3.80. The summed E-state index contributed by atoms with van der Waals surface area (Å²) in [5.41, 5.74) is 4.08. The molecular formula is C19H16ClN3O4. The molecule has 1 N–H and O–H groups in total. The van der Waals surface area contributed by atoms with Crippen LogP contribution in [0.25, 0.3) is 11.3 Å². The highest BCUT2D eigenvalue weighted by Crippen LogP contribution is 2.33. The first-order valence-electron chi connectivity index (χ1n) is 8.00. The number of methoxy groups -OCH3 is 1. The minimum Gasteiger partial charge on any atom is -0.497 e. The maximum atomic E-state index is 11.3. The van der Waals surface area contributed by atoms with Crippen LogP contribution < -0.4 is 10.2 Å². The molecule has 0 aliphatic carbocycles. The Morgan fingerprint density at radius 1 is 1.26 bits per heavy atom. The van der Waals surface area contributed by atoms with Crippen LogP contribution in [0.15, 0.2) is 64.1 Å². The van der Waals surface area contributed by atoms with E-state index < -0.39 is 4.92 Å². The Hall–Kier alpha value is -3.32. The molecule has 0 aliphatic rings. The molecule has 3 rings (SSSR count). The van der Waals surface area contributed by atoms with Gasteiger partial charge in [0.25, 0.3) is 5.69 Å². The quantitative estimate of drug-likeness (QED) is 0.363. The van der Waals surface area contributed by atoms with Gasteiger partial charge in [-0.2, -0.15) is 5.10 Å². The minimum atomic E-state index is -0.473. The van der Waals surface area contributed by atoms with Gasteiger partial charge in [0.15, 0.2) is 0 Å². The van der Waals surface area contributed by atoms with Crippen molar-refractivity contribution in [1.29, 1.82) is 0 Å². The molecule has 0 bridgehead atoms. The fraction of sp³-hybridized carbons (Fsp3) is 0.105. The Morgan fingerprint density at radius 2 is 2.07 bits per heavy atom. The van der Waals surface area contributed by atoms with E-state index in [9.17, 15) is 10.1 Å². The predicted octanol–water partition coefficient (Wildman–Crippen LogP) is 4.64. The van der Waals surface area contributed by atoms with E-state index in [0.717, 1.165) is 5.56 Å². The topological polar surface area (TPSA) is 89.9 Å². The van der Waals surface area contributed by atoms with Crippen LogP contribution in [0.1, 0.15) is 11.3 Å². The molecule has 7 nitrogen and oxygen atoms in total. The lowest BCUT2D eigenvalue weighted by Crippen LogP contribution is -2.05. The number of hydrazone groups is 1. The molecule has 27 heavy (non-hydrogen) atoms. The standard InChI is InChI=1S/C19H16ClN3O4/c1-26-14-6-8-16(18(10-14)23(24)25)19-9-7-15(27-19)12-22-21-11-13-4-2-3-5-17(13)20/h2-10,12,21H,11H2,1H3/b22-12-. The maximum Gasteiger partial charge on any atom is 0.284 e. The summed E-state index contributed by atoms with van der Waals surface area (Å²) >= 11 is 6.08. The van der Waals surface area contributed by atoms with Crippen LogP contribution in [0.4, 0.5) is 5.69 Å². The van der Waals surface area contributed by atoms with Crippen molar-refractivity contribution in [3.8, 4) is 17.1 Å². The van der Waals surface area contributed by atoms with Crippen molar-refractivity contribution in [2.45, 2.75) is 6.54 Å². The lowest BCUT2D eigenvalue weighted by molar-refractivity contribution is -0.384.